The van der Waals surface area contributed by atoms with E-state index in [1.165, 1.54) is 17.7 Å². The van der Waals surface area contributed by atoms with Crippen LogP contribution in [0.2, 0.25) is 4.34 Å². The van der Waals surface area contributed by atoms with Gasteiger partial charge in [-0.25, -0.2) is 0 Å². The molecule has 1 aromatic heterocycles. The molecule has 1 aromatic rings. The number of thiophene rings is 1. The van der Waals surface area contributed by atoms with E-state index in [4.69, 9.17) is 23.2 Å². The molecule has 2 rings (SSSR count). The second-order valence-corrected chi connectivity index (χ2v) is 5.30. The standard InChI is InChI=1S/C9H10Cl2S/c10-5-7(6-1-2-6)8-3-4-9(11)12-8/h3-4,6-7H,1-2,5H2. The van der Waals surface area contributed by atoms with Gasteiger partial charge in [0, 0.05) is 16.7 Å². The van der Waals surface area contributed by atoms with E-state index in [1.54, 1.807) is 11.3 Å². The Balaban J connectivity index is 2.15. The summed E-state index contributed by atoms with van der Waals surface area (Å²) in [5.41, 5.74) is 0. The average molecular weight is 221 g/mol. The summed E-state index contributed by atoms with van der Waals surface area (Å²) in [5.74, 6) is 2.13. The largest absolute Gasteiger partial charge is 0.128 e. The predicted octanol–water partition coefficient (Wildman–Crippen LogP) is 4.13. The SMILES string of the molecule is ClCC(c1ccc(Cl)s1)C1CC1. The van der Waals surface area contributed by atoms with E-state index < -0.39 is 0 Å². The smallest absolute Gasteiger partial charge is 0.0931 e. The first-order chi connectivity index (χ1) is 5.81. The Hall–Kier alpha value is 0.280. The summed E-state index contributed by atoms with van der Waals surface area (Å²) in [6.45, 7) is 0. The van der Waals surface area contributed by atoms with E-state index in [0.717, 1.165) is 16.1 Å². The fraction of sp³-hybridized carbons (Fsp3) is 0.556. The van der Waals surface area contributed by atoms with Gasteiger partial charge in [-0.2, -0.15) is 0 Å². The van der Waals surface area contributed by atoms with Gasteiger partial charge in [-0.3, -0.25) is 0 Å². The van der Waals surface area contributed by atoms with Gasteiger partial charge in [-0.05, 0) is 30.9 Å². The lowest BCUT2D eigenvalue weighted by molar-refractivity contribution is 0.682. The summed E-state index contributed by atoms with van der Waals surface area (Å²) < 4.78 is 0.876. The van der Waals surface area contributed by atoms with Crippen molar-refractivity contribution < 1.29 is 0 Å². The van der Waals surface area contributed by atoms with Crippen LogP contribution in [0.15, 0.2) is 12.1 Å². The van der Waals surface area contributed by atoms with Crippen molar-refractivity contribution in [1.82, 2.24) is 0 Å². The maximum atomic E-state index is 5.91. The molecule has 0 bridgehead atoms. The molecule has 3 heteroatoms. The average Bonchev–Trinajstić information content (AvgIpc) is 2.78. The van der Waals surface area contributed by atoms with Crippen molar-refractivity contribution in [3.8, 4) is 0 Å². The summed E-state index contributed by atoms with van der Waals surface area (Å²) in [6, 6.07) is 4.07. The molecule has 0 aromatic carbocycles. The Morgan fingerprint density at radius 1 is 1.50 bits per heavy atom. The van der Waals surface area contributed by atoms with Crippen LogP contribution < -0.4 is 0 Å². The molecular formula is C9H10Cl2S. The van der Waals surface area contributed by atoms with Gasteiger partial charge in [0.1, 0.15) is 0 Å². The highest BCUT2D eigenvalue weighted by Crippen LogP contribution is 2.45. The molecule has 0 nitrogen and oxygen atoms in total. The number of alkyl halides is 1. The fourth-order valence-electron chi connectivity index (χ4n) is 1.46. The van der Waals surface area contributed by atoms with Crippen LogP contribution in [0.5, 0.6) is 0 Å². The molecule has 1 aliphatic rings. The van der Waals surface area contributed by atoms with Crippen molar-refractivity contribution in [2.24, 2.45) is 5.92 Å². The van der Waals surface area contributed by atoms with Crippen LogP contribution in [0.4, 0.5) is 0 Å². The van der Waals surface area contributed by atoms with Gasteiger partial charge >= 0.3 is 0 Å². The van der Waals surface area contributed by atoms with Crippen molar-refractivity contribution in [3.63, 3.8) is 0 Å². The molecule has 1 heterocycles. The second-order valence-electron chi connectivity index (χ2n) is 3.24. The number of hydrogen-bond donors (Lipinski definition) is 0. The quantitative estimate of drug-likeness (QED) is 0.673. The monoisotopic (exact) mass is 220 g/mol. The third kappa shape index (κ3) is 1.78. The van der Waals surface area contributed by atoms with Gasteiger partial charge in [0.05, 0.1) is 4.34 Å². The molecule has 1 saturated carbocycles. The molecule has 0 radical (unpaired) electrons. The summed E-state index contributed by atoms with van der Waals surface area (Å²) in [6.07, 6.45) is 2.68. The lowest BCUT2D eigenvalue weighted by Gasteiger charge is -2.08. The van der Waals surface area contributed by atoms with Gasteiger partial charge in [0.25, 0.3) is 0 Å². The summed E-state index contributed by atoms with van der Waals surface area (Å²) >= 11 is 13.4. The minimum Gasteiger partial charge on any atom is -0.128 e. The van der Waals surface area contributed by atoms with Crippen LogP contribution in [0.3, 0.4) is 0 Å². The zero-order valence-electron chi connectivity index (χ0n) is 6.59. The van der Waals surface area contributed by atoms with Crippen LogP contribution in [-0.4, -0.2) is 5.88 Å². The summed E-state index contributed by atoms with van der Waals surface area (Å²) in [7, 11) is 0. The molecular weight excluding hydrogens is 211 g/mol. The zero-order valence-corrected chi connectivity index (χ0v) is 8.92. The first kappa shape index (κ1) is 8.86. The maximum Gasteiger partial charge on any atom is 0.0931 e. The normalized spacial score (nSPS) is 19.5. The molecule has 0 saturated heterocycles. The summed E-state index contributed by atoms with van der Waals surface area (Å²) in [4.78, 5) is 1.36. The van der Waals surface area contributed by atoms with Crippen molar-refractivity contribution in [2.45, 2.75) is 18.8 Å². The van der Waals surface area contributed by atoms with Crippen molar-refractivity contribution in [3.05, 3.63) is 21.3 Å². The van der Waals surface area contributed by atoms with E-state index in [1.807, 2.05) is 6.07 Å². The third-order valence-electron chi connectivity index (χ3n) is 2.32. The van der Waals surface area contributed by atoms with E-state index >= 15 is 0 Å². The molecule has 12 heavy (non-hydrogen) atoms. The number of halogens is 2. The second kappa shape index (κ2) is 3.57. The Morgan fingerprint density at radius 2 is 2.25 bits per heavy atom. The molecule has 1 atom stereocenters. The van der Waals surface area contributed by atoms with Crippen molar-refractivity contribution in [2.75, 3.05) is 5.88 Å². The van der Waals surface area contributed by atoms with Crippen molar-refractivity contribution >= 4 is 34.5 Å². The van der Waals surface area contributed by atoms with Crippen LogP contribution >= 0.6 is 34.5 Å². The van der Waals surface area contributed by atoms with Crippen LogP contribution in [-0.2, 0) is 0 Å². The highest BCUT2D eigenvalue weighted by Gasteiger charge is 2.32. The van der Waals surface area contributed by atoms with E-state index in [2.05, 4.69) is 6.07 Å². The first-order valence-corrected chi connectivity index (χ1v) is 5.85. The van der Waals surface area contributed by atoms with Crippen molar-refractivity contribution in [1.29, 1.82) is 0 Å². The lowest BCUT2D eigenvalue weighted by Crippen LogP contribution is -1.99. The molecule has 0 spiro atoms. The minimum atomic E-state index is 0.559. The molecule has 1 fully saturated rings. The molecule has 1 aliphatic carbocycles. The molecule has 66 valence electrons. The van der Waals surface area contributed by atoms with E-state index in [0.29, 0.717) is 5.92 Å². The Bertz CT molecular complexity index is 265. The van der Waals surface area contributed by atoms with Gasteiger partial charge in [0.15, 0.2) is 0 Å². The fourth-order valence-corrected chi connectivity index (χ4v) is 3.22. The van der Waals surface area contributed by atoms with Crippen LogP contribution in [0.25, 0.3) is 0 Å². The molecule has 0 amide bonds. The van der Waals surface area contributed by atoms with Gasteiger partial charge < -0.3 is 0 Å². The van der Waals surface area contributed by atoms with E-state index in [9.17, 15) is 0 Å². The number of hydrogen-bond acceptors (Lipinski definition) is 1. The van der Waals surface area contributed by atoms with E-state index in [-0.39, 0.29) is 0 Å². The predicted molar refractivity (Wildman–Crippen MR) is 55.5 cm³/mol. The third-order valence-corrected chi connectivity index (χ3v) is 4.01. The minimum absolute atomic E-state index is 0.559. The summed E-state index contributed by atoms with van der Waals surface area (Å²) in [5, 5.41) is 0. The lowest BCUT2D eigenvalue weighted by atomic mass is 10.1. The Labute approximate surface area is 86.5 Å². The van der Waals surface area contributed by atoms with Crippen LogP contribution in [0.1, 0.15) is 23.6 Å². The number of rotatable bonds is 3. The Morgan fingerprint density at radius 3 is 2.67 bits per heavy atom. The topological polar surface area (TPSA) is 0 Å². The van der Waals surface area contributed by atoms with Crippen LogP contribution in [0, 0.1) is 5.92 Å². The zero-order chi connectivity index (χ0) is 8.55. The Kier molecular flexibility index (Phi) is 2.63. The van der Waals surface area contributed by atoms with Gasteiger partial charge in [0.2, 0.25) is 0 Å². The highest BCUT2D eigenvalue weighted by molar-refractivity contribution is 7.16. The van der Waals surface area contributed by atoms with Gasteiger partial charge in [-0.15, -0.1) is 22.9 Å². The highest BCUT2D eigenvalue weighted by atomic mass is 35.5. The maximum absolute atomic E-state index is 5.91. The molecule has 0 aliphatic heterocycles. The molecule has 0 N–H and O–H groups in total. The molecule has 1 unspecified atom stereocenters. The van der Waals surface area contributed by atoms with Gasteiger partial charge in [-0.1, -0.05) is 11.6 Å². The first-order valence-electron chi connectivity index (χ1n) is 4.12.